The van der Waals surface area contributed by atoms with Crippen molar-refractivity contribution in [2.24, 2.45) is 0 Å². The van der Waals surface area contributed by atoms with Crippen LogP contribution in [0.5, 0.6) is 0 Å². The highest BCUT2D eigenvalue weighted by molar-refractivity contribution is 5.81. The Morgan fingerprint density at radius 3 is 2.07 bits per heavy atom. The Morgan fingerprint density at radius 1 is 1.20 bits per heavy atom. The van der Waals surface area contributed by atoms with E-state index in [0.717, 1.165) is 0 Å². The summed E-state index contributed by atoms with van der Waals surface area (Å²) in [4.78, 5) is 10.5. The highest BCUT2D eigenvalue weighted by Gasteiger charge is 2.42. The quantitative estimate of drug-likeness (QED) is 0.689. The summed E-state index contributed by atoms with van der Waals surface area (Å²) in [6, 6.07) is -0.793. The van der Waals surface area contributed by atoms with E-state index in [1.165, 1.54) is 0 Å². The fraction of sp³-hybridized carbons (Fsp3) is 0.875. The second kappa shape index (κ2) is 3.94. The molecule has 1 aliphatic rings. The van der Waals surface area contributed by atoms with Crippen molar-refractivity contribution >= 4 is 5.91 Å². The molecule has 0 aliphatic heterocycles. The molecule has 0 aromatic carbocycles. The minimum absolute atomic E-state index is 0.116. The molecule has 0 heterocycles. The fourth-order valence-corrected chi connectivity index (χ4v) is 1.45. The SMILES string of the molecule is O=C(NC1CCC(F)(F)CC1)C(F)(F)F. The molecule has 1 rings (SSSR count). The summed E-state index contributed by atoms with van der Waals surface area (Å²) in [5, 5.41) is 1.70. The number of alkyl halides is 5. The van der Waals surface area contributed by atoms with Crippen molar-refractivity contribution in [2.45, 2.75) is 43.8 Å². The molecule has 0 aromatic rings. The summed E-state index contributed by atoms with van der Waals surface area (Å²) >= 11 is 0. The maximum absolute atomic E-state index is 12.6. The van der Waals surface area contributed by atoms with Gasteiger partial charge < -0.3 is 5.32 Å². The molecule has 0 bridgehead atoms. The molecular formula is C8H10F5NO. The van der Waals surface area contributed by atoms with Crippen molar-refractivity contribution in [3.05, 3.63) is 0 Å². The van der Waals surface area contributed by atoms with Gasteiger partial charge in [0.1, 0.15) is 0 Å². The zero-order valence-electron chi connectivity index (χ0n) is 7.70. The lowest BCUT2D eigenvalue weighted by molar-refractivity contribution is -0.175. The predicted molar refractivity (Wildman–Crippen MR) is 41.4 cm³/mol. The molecule has 0 aromatic heterocycles. The van der Waals surface area contributed by atoms with Gasteiger partial charge in [0.25, 0.3) is 0 Å². The first-order chi connectivity index (χ1) is 6.71. The van der Waals surface area contributed by atoms with Gasteiger partial charge in [-0.15, -0.1) is 0 Å². The van der Waals surface area contributed by atoms with E-state index in [1.807, 2.05) is 0 Å². The molecule has 1 N–H and O–H groups in total. The number of carbonyl (C=O) groups is 1. The van der Waals surface area contributed by atoms with E-state index in [9.17, 15) is 26.7 Å². The van der Waals surface area contributed by atoms with E-state index in [2.05, 4.69) is 0 Å². The second-order valence-electron chi connectivity index (χ2n) is 3.60. The van der Waals surface area contributed by atoms with E-state index in [0.29, 0.717) is 0 Å². The van der Waals surface area contributed by atoms with Gasteiger partial charge in [-0.2, -0.15) is 13.2 Å². The molecule has 1 fully saturated rings. The Labute approximate surface area is 82.8 Å². The number of hydrogen-bond donors (Lipinski definition) is 1. The van der Waals surface area contributed by atoms with Gasteiger partial charge in [-0.1, -0.05) is 0 Å². The molecule has 15 heavy (non-hydrogen) atoms. The third kappa shape index (κ3) is 3.64. The van der Waals surface area contributed by atoms with E-state index in [1.54, 1.807) is 5.32 Å². The maximum Gasteiger partial charge on any atom is 0.471 e. The van der Waals surface area contributed by atoms with Gasteiger partial charge in [0.2, 0.25) is 5.92 Å². The van der Waals surface area contributed by atoms with Crippen molar-refractivity contribution < 1.29 is 26.7 Å². The number of halogens is 5. The van der Waals surface area contributed by atoms with Crippen LogP contribution in [0.25, 0.3) is 0 Å². The molecular weight excluding hydrogens is 221 g/mol. The van der Waals surface area contributed by atoms with E-state index >= 15 is 0 Å². The highest BCUT2D eigenvalue weighted by Crippen LogP contribution is 2.33. The largest absolute Gasteiger partial charge is 0.471 e. The number of nitrogens with one attached hydrogen (secondary N) is 1. The molecule has 1 aliphatic carbocycles. The molecule has 0 radical (unpaired) electrons. The lowest BCUT2D eigenvalue weighted by Gasteiger charge is -2.28. The normalized spacial score (nSPS) is 22.5. The van der Waals surface area contributed by atoms with Crippen LogP contribution >= 0.6 is 0 Å². The Kier molecular flexibility index (Phi) is 3.20. The predicted octanol–water partition coefficient (Wildman–Crippen LogP) is 2.24. The third-order valence-corrected chi connectivity index (χ3v) is 2.31. The fourth-order valence-electron chi connectivity index (χ4n) is 1.45. The molecule has 88 valence electrons. The van der Waals surface area contributed by atoms with Crippen LogP contribution in [0.3, 0.4) is 0 Å². The van der Waals surface area contributed by atoms with Crippen LogP contribution in [0.4, 0.5) is 22.0 Å². The second-order valence-corrected chi connectivity index (χ2v) is 3.60. The summed E-state index contributed by atoms with van der Waals surface area (Å²) in [5.74, 6) is -4.86. The molecule has 0 atom stereocenters. The molecule has 1 amide bonds. The average molecular weight is 231 g/mol. The number of carbonyl (C=O) groups excluding carboxylic acids is 1. The number of hydrogen-bond acceptors (Lipinski definition) is 1. The summed E-state index contributed by atoms with van der Waals surface area (Å²) in [6.45, 7) is 0. The van der Waals surface area contributed by atoms with Gasteiger partial charge in [-0.3, -0.25) is 4.79 Å². The zero-order valence-corrected chi connectivity index (χ0v) is 7.70. The summed E-state index contributed by atoms with van der Waals surface area (Å²) in [6.07, 6.45) is -6.13. The Balaban J connectivity index is 2.40. The first-order valence-electron chi connectivity index (χ1n) is 4.46. The van der Waals surface area contributed by atoms with Gasteiger partial charge >= 0.3 is 12.1 Å². The van der Waals surface area contributed by atoms with Crippen molar-refractivity contribution in [2.75, 3.05) is 0 Å². The Bertz CT molecular complexity index is 240. The molecule has 7 heteroatoms. The standard InChI is InChI=1S/C8H10F5NO/c9-7(10)3-1-5(2-4-7)14-6(15)8(11,12)13/h5H,1-4H2,(H,14,15). The van der Waals surface area contributed by atoms with Crippen molar-refractivity contribution in [1.29, 1.82) is 0 Å². The van der Waals surface area contributed by atoms with Crippen LogP contribution in [0.1, 0.15) is 25.7 Å². The van der Waals surface area contributed by atoms with Crippen LogP contribution in [0.2, 0.25) is 0 Å². The zero-order chi connectivity index (χ0) is 11.7. The Morgan fingerprint density at radius 2 is 1.67 bits per heavy atom. The van der Waals surface area contributed by atoms with Gasteiger partial charge in [0.15, 0.2) is 0 Å². The smallest absolute Gasteiger partial charge is 0.346 e. The summed E-state index contributed by atoms with van der Waals surface area (Å²) in [5.41, 5.74) is 0. The Hall–Kier alpha value is -0.880. The van der Waals surface area contributed by atoms with E-state index in [4.69, 9.17) is 0 Å². The van der Waals surface area contributed by atoms with Crippen molar-refractivity contribution in [3.8, 4) is 0 Å². The molecule has 0 saturated heterocycles. The van der Waals surface area contributed by atoms with Gasteiger partial charge in [-0.25, -0.2) is 8.78 Å². The number of rotatable bonds is 1. The van der Waals surface area contributed by atoms with E-state index in [-0.39, 0.29) is 12.8 Å². The van der Waals surface area contributed by atoms with Crippen LogP contribution in [0.15, 0.2) is 0 Å². The van der Waals surface area contributed by atoms with E-state index < -0.39 is 36.9 Å². The third-order valence-electron chi connectivity index (χ3n) is 2.31. The van der Waals surface area contributed by atoms with Crippen molar-refractivity contribution in [3.63, 3.8) is 0 Å². The maximum atomic E-state index is 12.6. The minimum Gasteiger partial charge on any atom is -0.346 e. The minimum atomic E-state index is -4.94. The molecule has 1 saturated carbocycles. The lowest BCUT2D eigenvalue weighted by atomic mass is 9.92. The van der Waals surface area contributed by atoms with Crippen LogP contribution < -0.4 is 5.32 Å². The molecule has 2 nitrogen and oxygen atoms in total. The molecule has 0 unspecified atom stereocenters. The summed E-state index contributed by atoms with van der Waals surface area (Å²) < 4.78 is 60.6. The topological polar surface area (TPSA) is 29.1 Å². The van der Waals surface area contributed by atoms with Crippen LogP contribution in [-0.4, -0.2) is 24.0 Å². The summed E-state index contributed by atoms with van der Waals surface area (Å²) in [7, 11) is 0. The van der Waals surface area contributed by atoms with Crippen molar-refractivity contribution in [1.82, 2.24) is 5.32 Å². The van der Waals surface area contributed by atoms with Gasteiger partial charge in [0, 0.05) is 18.9 Å². The average Bonchev–Trinajstić information content (AvgIpc) is 2.07. The van der Waals surface area contributed by atoms with Crippen LogP contribution in [-0.2, 0) is 4.79 Å². The first kappa shape index (κ1) is 12.2. The lowest BCUT2D eigenvalue weighted by Crippen LogP contribution is -2.45. The van der Waals surface area contributed by atoms with Crippen LogP contribution in [0, 0.1) is 0 Å². The first-order valence-corrected chi connectivity index (χ1v) is 4.46. The van der Waals surface area contributed by atoms with Gasteiger partial charge in [-0.05, 0) is 12.8 Å². The number of amides is 1. The monoisotopic (exact) mass is 231 g/mol. The highest BCUT2D eigenvalue weighted by atomic mass is 19.4. The van der Waals surface area contributed by atoms with Gasteiger partial charge in [0.05, 0.1) is 0 Å². The molecule has 0 spiro atoms.